The van der Waals surface area contributed by atoms with Gasteiger partial charge in [-0.2, -0.15) is 0 Å². The van der Waals surface area contributed by atoms with Crippen molar-refractivity contribution in [1.29, 1.82) is 0 Å². The zero-order valence-corrected chi connectivity index (χ0v) is 22.1. The van der Waals surface area contributed by atoms with Crippen LogP contribution >= 0.6 is 15.9 Å². The Kier molecular flexibility index (Phi) is 10.0. The highest BCUT2D eigenvalue weighted by molar-refractivity contribution is 9.10. The Morgan fingerprint density at radius 3 is 2.41 bits per heavy atom. The molecule has 0 unspecified atom stereocenters. The number of halogens is 2. The number of hydrogen-bond donors (Lipinski definition) is 3. The maximum atomic E-state index is 12.5. The number of nitrogens with one attached hydrogen (secondary N) is 3. The minimum Gasteiger partial charge on any atom is -1.00 e. The maximum Gasteiger partial charge on any atom is 0.275 e. The van der Waals surface area contributed by atoms with Gasteiger partial charge in [-0.15, -0.1) is 0 Å². The molecule has 8 nitrogen and oxygen atoms in total. The highest BCUT2D eigenvalue weighted by Gasteiger charge is 2.28. The third kappa shape index (κ3) is 7.22. The van der Waals surface area contributed by atoms with E-state index in [1.54, 1.807) is 47.2 Å². The van der Waals surface area contributed by atoms with Crippen molar-refractivity contribution in [1.82, 2.24) is 15.6 Å². The van der Waals surface area contributed by atoms with E-state index in [0.29, 0.717) is 29.4 Å². The minimum atomic E-state index is -3.59. The van der Waals surface area contributed by atoms with Crippen LogP contribution in [0.15, 0.2) is 58.2 Å². The van der Waals surface area contributed by atoms with E-state index in [-0.39, 0.29) is 52.5 Å². The second-order valence-corrected chi connectivity index (χ2v) is 10.3. The summed E-state index contributed by atoms with van der Waals surface area (Å²) in [4.78, 5) is 24.8. The first kappa shape index (κ1) is 26.7. The molecule has 32 heavy (non-hydrogen) atoms. The van der Waals surface area contributed by atoms with E-state index < -0.39 is 10.0 Å². The van der Waals surface area contributed by atoms with Crippen LogP contribution in [0, 0.1) is 11.8 Å². The van der Waals surface area contributed by atoms with Gasteiger partial charge < -0.3 is 24.0 Å². The topological polar surface area (TPSA) is 108 Å². The van der Waals surface area contributed by atoms with Gasteiger partial charge in [-0.3, -0.25) is 20.4 Å². The van der Waals surface area contributed by atoms with E-state index in [1.165, 1.54) is 0 Å². The zero-order chi connectivity index (χ0) is 22.4. The highest BCUT2D eigenvalue weighted by Crippen LogP contribution is 2.29. The standard InChI is InChI=1S/C21H25BrN4O4S.HI/c1-26-12-4-5-17(14-26)21(28)25-24-20(27)16-10-8-15(9-11-16)13-23-31(29,30)19-7-3-2-6-18(19)22;/h2-7,12,14-16,23H,8-11,13H2,1H3,(H-,24,25,27,28);1H. The summed E-state index contributed by atoms with van der Waals surface area (Å²) in [5, 5.41) is 0. The number of hydrogen-bond acceptors (Lipinski definition) is 4. The molecule has 11 heteroatoms. The quantitative estimate of drug-likeness (QED) is 0.211. The van der Waals surface area contributed by atoms with E-state index in [9.17, 15) is 18.0 Å². The number of aromatic nitrogens is 1. The number of amides is 2. The first-order chi connectivity index (χ1) is 14.8. The van der Waals surface area contributed by atoms with E-state index >= 15 is 0 Å². The molecule has 1 aliphatic rings. The molecule has 174 valence electrons. The van der Waals surface area contributed by atoms with Crippen molar-refractivity contribution in [2.45, 2.75) is 30.6 Å². The van der Waals surface area contributed by atoms with E-state index in [2.05, 4.69) is 31.5 Å². The first-order valence-electron chi connectivity index (χ1n) is 10.1. The van der Waals surface area contributed by atoms with Crippen molar-refractivity contribution in [2.24, 2.45) is 18.9 Å². The average molecular weight is 637 g/mol. The molecule has 3 N–H and O–H groups in total. The molecular weight excluding hydrogens is 611 g/mol. The van der Waals surface area contributed by atoms with Gasteiger partial charge in [0.2, 0.25) is 15.9 Å². The molecule has 0 spiro atoms. The number of carbonyl (C=O) groups is 2. The van der Waals surface area contributed by atoms with Crippen molar-refractivity contribution >= 4 is 37.8 Å². The summed E-state index contributed by atoms with van der Waals surface area (Å²) >= 11 is 3.27. The van der Waals surface area contributed by atoms with Gasteiger partial charge in [0, 0.05) is 23.0 Å². The fourth-order valence-corrected chi connectivity index (χ4v) is 5.73. The van der Waals surface area contributed by atoms with Crippen LogP contribution < -0.4 is 44.1 Å². The number of rotatable bonds is 6. The molecule has 1 aromatic carbocycles. The molecule has 0 bridgehead atoms. The SMILES string of the molecule is C[n+]1cccc(C(=O)NNC(=O)C2CCC(CNS(=O)(=O)c3ccccc3Br)CC2)c1.[I-]. The lowest BCUT2D eigenvalue weighted by atomic mass is 9.82. The third-order valence-corrected chi connectivity index (χ3v) is 7.84. The van der Waals surface area contributed by atoms with Gasteiger partial charge in [0.25, 0.3) is 5.91 Å². The van der Waals surface area contributed by atoms with Crippen molar-refractivity contribution < 1.29 is 46.6 Å². The van der Waals surface area contributed by atoms with Gasteiger partial charge in [-0.05, 0) is 65.7 Å². The maximum absolute atomic E-state index is 12.5. The molecule has 1 saturated carbocycles. The molecule has 0 atom stereocenters. The van der Waals surface area contributed by atoms with Crippen LogP contribution in [0.25, 0.3) is 0 Å². The third-order valence-electron chi connectivity index (χ3n) is 5.41. The van der Waals surface area contributed by atoms with E-state index in [0.717, 1.165) is 12.8 Å². The van der Waals surface area contributed by atoms with E-state index in [1.807, 2.05) is 13.2 Å². The number of pyridine rings is 1. The molecule has 0 radical (unpaired) electrons. The van der Waals surface area contributed by atoms with Crippen LogP contribution in [0.2, 0.25) is 0 Å². The lowest BCUT2D eigenvalue weighted by Gasteiger charge is -2.27. The van der Waals surface area contributed by atoms with Crippen LogP contribution in [0.5, 0.6) is 0 Å². The second-order valence-electron chi connectivity index (χ2n) is 7.70. The predicted molar refractivity (Wildman–Crippen MR) is 118 cm³/mol. The van der Waals surface area contributed by atoms with Crippen molar-refractivity contribution in [2.75, 3.05) is 6.54 Å². The number of nitrogens with zero attached hydrogens (tertiary/aromatic N) is 1. The average Bonchev–Trinajstić information content (AvgIpc) is 2.76. The molecule has 0 saturated heterocycles. The molecule has 0 aliphatic heterocycles. The number of sulfonamides is 1. The summed E-state index contributed by atoms with van der Waals surface area (Å²) < 4.78 is 30.0. The van der Waals surface area contributed by atoms with Gasteiger partial charge in [-0.1, -0.05) is 12.1 Å². The predicted octanol–water partition coefficient (Wildman–Crippen LogP) is -1.18. The normalized spacial score (nSPS) is 18.3. The first-order valence-corrected chi connectivity index (χ1v) is 12.3. The Labute approximate surface area is 213 Å². The van der Waals surface area contributed by atoms with E-state index in [4.69, 9.17) is 0 Å². The Morgan fingerprint density at radius 1 is 1.06 bits per heavy atom. The van der Waals surface area contributed by atoms with Gasteiger partial charge >= 0.3 is 0 Å². The summed E-state index contributed by atoms with van der Waals surface area (Å²) in [6.45, 7) is 0.333. The van der Waals surface area contributed by atoms with Gasteiger partial charge in [0.15, 0.2) is 12.4 Å². The summed E-state index contributed by atoms with van der Waals surface area (Å²) in [7, 11) is -1.78. The zero-order valence-electron chi connectivity index (χ0n) is 17.6. The lowest BCUT2D eigenvalue weighted by Crippen LogP contribution is -3.00. The molecule has 1 fully saturated rings. The number of benzene rings is 1. The smallest absolute Gasteiger partial charge is 0.275 e. The van der Waals surface area contributed by atoms with Crippen LogP contribution in [0.3, 0.4) is 0 Å². The summed E-state index contributed by atoms with van der Waals surface area (Å²) in [6.07, 6.45) is 6.24. The van der Waals surface area contributed by atoms with Crippen molar-refractivity contribution in [3.05, 3.63) is 58.8 Å². The molecule has 3 rings (SSSR count). The summed E-state index contributed by atoms with van der Waals surface area (Å²) in [6, 6.07) is 10.1. The number of hydrazine groups is 1. The van der Waals surface area contributed by atoms with Crippen LogP contribution in [-0.2, 0) is 21.9 Å². The molecule has 2 aromatic rings. The van der Waals surface area contributed by atoms with Crippen LogP contribution in [0.4, 0.5) is 0 Å². The summed E-state index contributed by atoms with van der Waals surface area (Å²) in [5.41, 5.74) is 5.41. The minimum absolute atomic E-state index is 0. The largest absolute Gasteiger partial charge is 1.00 e. The highest BCUT2D eigenvalue weighted by atomic mass is 127. The van der Waals surface area contributed by atoms with Crippen molar-refractivity contribution in [3.63, 3.8) is 0 Å². The second kappa shape index (κ2) is 12.1. The van der Waals surface area contributed by atoms with Crippen molar-refractivity contribution in [3.8, 4) is 0 Å². The number of carbonyl (C=O) groups excluding carboxylic acids is 2. The Hall–Kier alpha value is -1.57. The van der Waals surface area contributed by atoms with Crippen LogP contribution in [0.1, 0.15) is 36.0 Å². The van der Waals surface area contributed by atoms with Gasteiger partial charge in [-0.25, -0.2) is 17.7 Å². The summed E-state index contributed by atoms with van der Waals surface area (Å²) in [5.74, 6) is -0.635. The lowest BCUT2D eigenvalue weighted by molar-refractivity contribution is -0.671. The van der Waals surface area contributed by atoms with Gasteiger partial charge in [0.05, 0.1) is 4.90 Å². The molecular formula is C21H26BrIN4O4S. The Balaban J connectivity index is 0.00000363. The fraction of sp³-hybridized carbons (Fsp3) is 0.381. The monoisotopic (exact) mass is 636 g/mol. The molecule has 2 amide bonds. The Morgan fingerprint density at radius 2 is 1.75 bits per heavy atom. The number of aryl methyl sites for hydroxylation is 1. The van der Waals surface area contributed by atoms with Crippen LogP contribution in [-0.4, -0.2) is 26.8 Å². The molecule has 1 aliphatic carbocycles. The molecule has 1 aromatic heterocycles. The van der Waals surface area contributed by atoms with Gasteiger partial charge in [0.1, 0.15) is 12.6 Å². The molecule has 1 heterocycles. The Bertz CT molecular complexity index is 1060. The fourth-order valence-electron chi connectivity index (χ4n) is 3.61.